The van der Waals surface area contributed by atoms with E-state index in [-0.39, 0.29) is 6.01 Å². The third-order valence-corrected chi connectivity index (χ3v) is 3.47. The fourth-order valence-corrected chi connectivity index (χ4v) is 2.06. The van der Waals surface area contributed by atoms with Gasteiger partial charge in [0.2, 0.25) is 0 Å². The van der Waals surface area contributed by atoms with Crippen molar-refractivity contribution >= 4 is 28.9 Å². The molecule has 5 nitrogen and oxygen atoms in total. The second-order valence-electron chi connectivity index (χ2n) is 4.21. The van der Waals surface area contributed by atoms with Gasteiger partial charge in [0.05, 0.1) is 21.4 Å². The van der Waals surface area contributed by atoms with Gasteiger partial charge in [0.15, 0.2) is 5.75 Å². The third kappa shape index (κ3) is 2.94. The van der Waals surface area contributed by atoms with Crippen molar-refractivity contribution in [1.29, 1.82) is 0 Å². The van der Waals surface area contributed by atoms with Gasteiger partial charge in [0.25, 0.3) is 0 Å². The molecule has 0 atom stereocenters. The molecule has 1 aromatic heterocycles. The second kappa shape index (κ2) is 5.63. The molecular formula is C14H10Cl2N4O. The number of aromatic nitrogens is 3. The molecule has 2 N–H and O–H groups in total. The van der Waals surface area contributed by atoms with E-state index in [1.54, 1.807) is 11.0 Å². The van der Waals surface area contributed by atoms with E-state index in [9.17, 15) is 0 Å². The molecule has 0 spiro atoms. The standard InChI is InChI=1S/C14H10Cl2N4O/c15-10-6-12(17)13(7-11(10)16)21-14-18-8-20(19-14)9-4-2-1-3-5-9/h1-8H,17H2. The molecule has 0 aliphatic rings. The summed E-state index contributed by atoms with van der Waals surface area (Å²) in [5.41, 5.74) is 7.06. The highest BCUT2D eigenvalue weighted by atomic mass is 35.5. The van der Waals surface area contributed by atoms with Crippen molar-refractivity contribution in [2.45, 2.75) is 0 Å². The largest absolute Gasteiger partial charge is 0.421 e. The van der Waals surface area contributed by atoms with E-state index in [1.807, 2.05) is 30.3 Å². The number of ether oxygens (including phenoxy) is 1. The van der Waals surface area contributed by atoms with Gasteiger partial charge in [-0.3, -0.25) is 0 Å². The summed E-state index contributed by atoms with van der Waals surface area (Å²) >= 11 is 11.8. The molecule has 0 aliphatic carbocycles. The first kappa shape index (κ1) is 13.7. The SMILES string of the molecule is Nc1cc(Cl)c(Cl)cc1Oc1ncn(-c2ccccc2)n1. The number of nitrogens with two attached hydrogens (primary N) is 1. The van der Waals surface area contributed by atoms with Crippen LogP contribution in [0.2, 0.25) is 10.0 Å². The zero-order valence-electron chi connectivity index (χ0n) is 10.7. The van der Waals surface area contributed by atoms with E-state index in [1.165, 1.54) is 12.1 Å². The lowest BCUT2D eigenvalue weighted by molar-refractivity contribution is 0.443. The Kier molecular flexibility index (Phi) is 3.68. The van der Waals surface area contributed by atoms with Crippen LogP contribution in [0.3, 0.4) is 0 Å². The molecule has 21 heavy (non-hydrogen) atoms. The maximum atomic E-state index is 5.94. The predicted molar refractivity (Wildman–Crippen MR) is 82.3 cm³/mol. The number of halogens is 2. The first-order chi connectivity index (χ1) is 10.1. The Morgan fingerprint density at radius 2 is 1.76 bits per heavy atom. The summed E-state index contributed by atoms with van der Waals surface area (Å²) in [6, 6.07) is 12.8. The van der Waals surface area contributed by atoms with E-state index in [0.29, 0.717) is 21.5 Å². The van der Waals surface area contributed by atoms with Crippen molar-refractivity contribution in [3.8, 4) is 17.4 Å². The molecule has 0 amide bonds. The highest BCUT2D eigenvalue weighted by molar-refractivity contribution is 6.42. The summed E-state index contributed by atoms with van der Waals surface area (Å²) < 4.78 is 7.14. The van der Waals surface area contributed by atoms with Crippen LogP contribution in [0.15, 0.2) is 48.8 Å². The maximum absolute atomic E-state index is 5.94. The number of hydrogen-bond donors (Lipinski definition) is 1. The highest BCUT2D eigenvalue weighted by Crippen LogP contribution is 2.34. The smallest absolute Gasteiger partial charge is 0.341 e. The number of para-hydroxylation sites is 1. The number of hydrogen-bond acceptors (Lipinski definition) is 4. The van der Waals surface area contributed by atoms with Crippen LogP contribution in [0.5, 0.6) is 11.8 Å². The van der Waals surface area contributed by atoms with Crippen molar-refractivity contribution in [3.05, 3.63) is 58.8 Å². The summed E-state index contributed by atoms with van der Waals surface area (Å²) in [6.45, 7) is 0. The molecule has 0 aliphatic heterocycles. The summed E-state index contributed by atoms with van der Waals surface area (Å²) in [5.74, 6) is 0.357. The molecule has 3 rings (SSSR count). The van der Waals surface area contributed by atoms with Gasteiger partial charge in [-0.25, -0.2) is 4.68 Å². The summed E-state index contributed by atoms with van der Waals surface area (Å²) in [5, 5.41) is 4.94. The van der Waals surface area contributed by atoms with E-state index in [0.717, 1.165) is 5.69 Å². The Balaban J connectivity index is 1.87. The number of anilines is 1. The molecule has 0 saturated carbocycles. The molecule has 7 heteroatoms. The molecule has 3 aromatic rings. The first-order valence-electron chi connectivity index (χ1n) is 6.03. The van der Waals surface area contributed by atoms with E-state index in [2.05, 4.69) is 10.1 Å². The topological polar surface area (TPSA) is 66.0 Å². The van der Waals surface area contributed by atoms with E-state index >= 15 is 0 Å². The van der Waals surface area contributed by atoms with E-state index < -0.39 is 0 Å². The minimum Gasteiger partial charge on any atom is -0.421 e. The van der Waals surface area contributed by atoms with Crippen LogP contribution in [0.1, 0.15) is 0 Å². The van der Waals surface area contributed by atoms with Crippen LogP contribution in [0.4, 0.5) is 5.69 Å². The van der Waals surface area contributed by atoms with Crippen LogP contribution in [0.25, 0.3) is 5.69 Å². The quantitative estimate of drug-likeness (QED) is 0.742. The van der Waals surface area contributed by atoms with Crippen LogP contribution in [-0.4, -0.2) is 14.8 Å². The molecule has 106 valence electrons. The van der Waals surface area contributed by atoms with E-state index in [4.69, 9.17) is 33.7 Å². The maximum Gasteiger partial charge on any atom is 0.341 e. The third-order valence-electron chi connectivity index (χ3n) is 2.75. The van der Waals surface area contributed by atoms with Crippen LogP contribution in [0, 0.1) is 0 Å². The lowest BCUT2D eigenvalue weighted by atomic mass is 10.3. The Morgan fingerprint density at radius 1 is 1.05 bits per heavy atom. The molecule has 1 heterocycles. The Morgan fingerprint density at radius 3 is 2.52 bits per heavy atom. The number of nitrogen functional groups attached to an aromatic ring is 1. The molecule has 0 fully saturated rings. The minimum atomic E-state index is 0.170. The second-order valence-corrected chi connectivity index (χ2v) is 5.03. The monoisotopic (exact) mass is 320 g/mol. The Bertz CT molecular complexity index is 774. The lowest BCUT2D eigenvalue weighted by Crippen LogP contribution is -1.96. The average Bonchev–Trinajstić information content (AvgIpc) is 2.94. The molecule has 0 unspecified atom stereocenters. The molecule has 0 bridgehead atoms. The van der Waals surface area contributed by atoms with Crippen molar-refractivity contribution in [3.63, 3.8) is 0 Å². The van der Waals surface area contributed by atoms with Crippen molar-refractivity contribution < 1.29 is 4.74 Å². The fraction of sp³-hybridized carbons (Fsp3) is 0. The van der Waals surface area contributed by atoms with Gasteiger partial charge in [0, 0.05) is 6.07 Å². The van der Waals surface area contributed by atoms with Gasteiger partial charge < -0.3 is 10.5 Å². The van der Waals surface area contributed by atoms with Crippen molar-refractivity contribution in [2.75, 3.05) is 5.73 Å². The zero-order valence-corrected chi connectivity index (χ0v) is 12.2. The predicted octanol–water partition coefficient (Wildman–Crippen LogP) is 3.95. The van der Waals surface area contributed by atoms with Gasteiger partial charge in [-0.15, -0.1) is 5.10 Å². The lowest BCUT2D eigenvalue weighted by Gasteiger charge is -2.06. The summed E-state index contributed by atoms with van der Waals surface area (Å²) in [7, 11) is 0. The van der Waals surface area contributed by atoms with Crippen molar-refractivity contribution in [1.82, 2.24) is 14.8 Å². The first-order valence-corrected chi connectivity index (χ1v) is 6.78. The van der Waals surface area contributed by atoms with Gasteiger partial charge in [-0.2, -0.15) is 4.98 Å². The molecule has 2 aromatic carbocycles. The zero-order chi connectivity index (χ0) is 14.8. The summed E-state index contributed by atoms with van der Waals surface area (Å²) in [6.07, 6.45) is 1.55. The molecule has 0 radical (unpaired) electrons. The Labute approximate surface area is 130 Å². The van der Waals surface area contributed by atoms with Crippen molar-refractivity contribution in [2.24, 2.45) is 0 Å². The molecule has 0 saturated heterocycles. The van der Waals surface area contributed by atoms with Gasteiger partial charge in [-0.1, -0.05) is 41.4 Å². The van der Waals surface area contributed by atoms with Gasteiger partial charge in [0.1, 0.15) is 6.33 Å². The van der Waals surface area contributed by atoms with Gasteiger partial charge in [-0.05, 0) is 18.2 Å². The number of nitrogens with zero attached hydrogens (tertiary/aromatic N) is 3. The van der Waals surface area contributed by atoms with Crippen LogP contribution >= 0.6 is 23.2 Å². The molecular weight excluding hydrogens is 311 g/mol. The highest BCUT2D eigenvalue weighted by Gasteiger charge is 2.10. The minimum absolute atomic E-state index is 0.170. The normalized spacial score (nSPS) is 10.6. The van der Waals surface area contributed by atoms with Gasteiger partial charge >= 0.3 is 6.01 Å². The fourth-order valence-electron chi connectivity index (χ4n) is 1.73. The summed E-state index contributed by atoms with van der Waals surface area (Å²) in [4.78, 5) is 4.08. The average molecular weight is 321 g/mol. The number of rotatable bonds is 3. The van der Waals surface area contributed by atoms with Crippen LogP contribution < -0.4 is 10.5 Å². The van der Waals surface area contributed by atoms with Crippen LogP contribution in [-0.2, 0) is 0 Å². The Hall–Kier alpha value is -2.24. The number of benzene rings is 2.